The number of hydrogen-bond acceptors (Lipinski definition) is 8. The summed E-state index contributed by atoms with van der Waals surface area (Å²) < 4.78 is 25.8. The highest BCUT2D eigenvalue weighted by Crippen LogP contribution is 2.37. The van der Waals surface area contributed by atoms with Gasteiger partial charge in [0.05, 0.1) is 5.02 Å². The van der Waals surface area contributed by atoms with Gasteiger partial charge in [0.25, 0.3) is 11.8 Å². The van der Waals surface area contributed by atoms with E-state index in [1.807, 2.05) is 4.90 Å². The van der Waals surface area contributed by atoms with Crippen molar-refractivity contribution in [2.24, 2.45) is 0 Å². The molecule has 3 aromatic rings. The van der Waals surface area contributed by atoms with Gasteiger partial charge in [0.15, 0.2) is 17.3 Å². The number of amides is 2. The summed E-state index contributed by atoms with van der Waals surface area (Å²) >= 11 is 12.6. The Morgan fingerprint density at radius 2 is 1.90 bits per heavy atom. The minimum absolute atomic E-state index is 0.00347. The lowest BCUT2D eigenvalue weighted by Gasteiger charge is -2.37. The lowest BCUT2D eigenvalue weighted by Crippen LogP contribution is -2.52. The maximum absolute atomic E-state index is 14.3. The normalized spacial score (nSPS) is 17.5. The molecule has 1 aromatic heterocycles. The number of rotatable bonds is 8. The zero-order chi connectivity index (χ0) is 30.0. The van der Waals surface area contributed by atoms with E-state index in [1.54, 1.807) is 31.1 Å². The molecule has 42 heavy (non-hydrogen) atoms. The first-order chi connectivity index (χ1) is 20.2. The van der Waals surface area contributed by atoms with Crippen molar-refractivity contribution in [2.75, 3.05) is 44.3 Å². The van der Waals surface area contributed by atoms with Crippen molar-refractivity contribution in [3.05, 3.63) is 75.1 Å². The number of nitrogens with two attached hydrogens (primary N) is 1. The molecule has 0 bridgehead atoms. The third-order valence-corrected chi connectivity index (χ3v) is 8.41. The number of anilines is 2. The molecule has 3 heterocycles. The van der Waals surface area contributed by atoms with E-state index in [2.05, 4.69) is 20.4 Å². The number of hydrogen-bond donors (Lipinski definition) is 2. The summed E-state index contributed by atoms with van der Waals surface area (Å²) in [7, 11) is 1.45. The van der Waals surface area contributed by atoms with Gasteiger partial charge in [-0.3, -0.25) is 14.5 Å². The Labute approximate surface area is 253 Å². The van der Waals surface area contributed by atoms with Crippen LogP contribution in [0.5, 0.6) is 5.75 Å². The minimum atomic E-state index is -0.991. The number of nitrogens with one attached hydrogen (secondary N) is 1. The van der Waals surface area contributed by atoms with Crippen molar-refractivity contribution in [3.63, 3.8) is 0 Å². The fourth-order valence-corrected chi connectivity index (χ4v) is 5.88. The van der Waals surface area contributed by atoms with Gasteiger partial charge < -0.3 is 25.3 Å². The molecule has 2 aliphatic heterocycles. The Morgan fingerprint density at radius 3 is 2.64 bits per heavy atom. The van der Waals surface area contributed by atoms with Crippen LogP contribution in [0.15, 0.2) is 42.5 Å². The summed E-state index contributed by atoms with van der Waals surface area (Å²) in [6.45, 7) is 4.48. The highest BCUT2D eigenvalue weighted by molar-refractivity contribution is 6.52. The van der Waals surface area contributed by atoms with Gasteiger partial charge in [0, 0.05) is 60.7 Å². The standard InChI is InChI=1S/C28H30BCl2FN6O4/c1-29(41-2)25(23-19(30)9-10-20(32)24(23)31)42-22-14-21(35-36-26(22)33)27(39)34-17-7-5-16(6-8-17)28(40)38-13-12-37-11-3-4-18(37)15-38/h5-10,14,18,25H,3-4,11-13,15H2,1-2H3,(H2,33,36)(H,34,39). The van der Waals surface area contributed by atoms with Crippen LogP contribution in [-0.4, -0.2) is 78.1 Å². The number of ether oxygens (including phenoxy) is 1. The summed E-state index contributed by atoms with van der Waals surface area (Å²) in [5.74, 6) is -1.39. The first-order valence-electron chi connectivity index (χ1n) is 13.6. The van der Waals surface area contributed by atoms with E-state index < -0.39 is 24.6 Å². The van der Waals surface area contributed by atoms with E-state index in [4.69, 9.17) is 38.3 Å². The SMILES string of the molecule is COB(C)C(Oc1cc(C(=O)Nc2ccc(C(=O)N3CCN4CCCC4C3)cc2)nnc1N)c1c(Cl)ccc(F)c1Cl. The van der Waals surface area contributed by atoms with E-state index in [0.29, 0.717) is 23.8 Å². The first-order valence-corrected chi connectivity index (χ1v) is 14.3. The number of benzene rings is 2. The van der Waals surface area contributed by atoms with Gasteiger partial charge in [-0.15, -0.1) is 10.2 Å². The third-order valence-electron chi connectivity index (χ3n) is 7.70. The number of piperazine rings is 1. The zero-order valence-electron chi connectivity index (χ0n) is 23.1. The highest BCUT2D eigenvalue weighted by Gasteiger charge is 2.34. The Kier molecular flexibility index (Phi) is 9.17. The number of carbonyl (C=O) groups is 2. The van der Waals surface area contributed by atoms with Crippen molar-refractivity contribution in [1.29, 1.82) is 0 Å². The van der Waals surface area contributed by atoms with E-state index in [9.17, 15) is 14.0 Å². The Balaban J connectivity index is 1.29. The lowest BCUT2D eigenvalue weighted by molar-refractivity contribution is 0.0571. The zero-order valence-corrected chi connectivity index (χ0v) is 24.7. The number of nitrogens with zero attached hydrogens (tertiary/aromatic N) is 4. The number of fused-ring (bicyclic) bond motifs is 1. The van der Waals surface area contributed by atoms with Crippen molar-refractivity contribution < 1.29 is 23.4 Å². The van der Waals surface area contributed by atoms with Crippen LogP contribution in [0.25, 0.3) is 0 Å². The van der Waals surface area contributed by atoms with Crippen LogP contribution in [0.2, 0.25) is 16.9 Å². The predicted molar refractivity (Wildman–Crippen MR) is 160 cm³/mol. The van der Waals surface area contributed by atoms with E-state index in [1.165, 1.54) is 25.7 Å². The summed E-state index contributed by atoms with van der Waals surface area (Å²) in [6, 6.07) is 9.95. The maximum atomic E-state index is 14.3. The summed E-state index contributed by atoms with van der Waals surface area (Å²) in [4.78, 5) is 30.4. The molecule has 3 N–H and O–H groups in total. The number of aromatic nitrogens is 2. The topological polar surface area (TPSA) is 123 Å². The average molecular weight is 615 g/mol. The molecule has 14 heteroatoms. The fourth-order valence-electron chi connectivity index (χ4n) is 5.29. The Bertz CT molecular complexity index is 1480. The van der Waals surface area contributed by atoms with Crippen LogP contribution in [-0.2, 0) is 4.65 Å². The van der Waals surface area contributed by atoms with Crippen molar-refractivity contribution in [1.82, 2.24) is 20.0 Å². The van der Waals surface area contributed by atoms with E-state index in [0.717, 1.165) is 32.1 Å². The van der Waals surface area contributed by atoms with Gasteiger partial charge in [-0.25, -0.2) is 4.39 Å². The van der Waals surface area contributed by atoms with Gasteiger partial charge in [0.2, 0.25) is 0 Å². The van der Waals surface area contributed by atoms with Crippen LogP contribution < -0.4 is 15.8 Å². The number of nitrogen functional groups attached to an aromatic ring is 1. The van der Waals surface area contributed by atoms with Gasteiger partial charge in [0.1, 0.15) is 11.8 Å². The van der Waals surface area contributed by atoms with E-state index in [-0.39, 0.29) is 38.8 Å². The molecule has 2 atom stereocenters. The molecule has 2 aliphatic rings. The molecule has 2 fully saturated rings. The summed E-state index contributed by atoms with van der Waals surface area (Å²) in [5, 5.41) is 10.4. The second-order valence-electron chi connectivity index (χ2n) is 10.3. The Hall–Kier alpha value is -3.45. The summed E-state index contributed by atoms with van der Waals surface area (Å²) in [5.41, 5.74) is 7.09. The summed E-state index contributed by atoms with van der Waals surface area (Å²) in [6.07, 6.45) is 2.30. The molecule has 2 aromatic carbocycles. The van der Waals surface area contributed by atoms with Gasteiger partial charge >= 0.3 is 6.92 Å². The maximum Gasteiger partial charge on any atom is 0.338 e. The second kappa shape index (κ2) is 12.8. The van der Waals surface area contributed by atoms with E-state index >= 15 is 0 Å². The second-order valence-corrected chi connectivity index (χ2v) is 11.1. The third kappa shape index (κ3) is 6.31. The molecule has 220 valence electrons. The number of halogens is 3. The van der Waals surface area contributed by atoms with Gasteiger partial charge in [-0.1, -0.05) is 30.0 Å². The minimum Gasteiger partial charge on any atom is -0.487 e. The fraction of sp³-hybridized carbons (Fsp3) is 0.357. The Morgan fingerprint density at radius 1 is 1.14 bits per heavy atom. The highest BCUT2D eigenvalue weighted by atomic mass is 35.5. The molecule has 2 unspecified atom stereocenters. The van der Waals surface area contributed by atoms with Crippen molar-refractivity contribution >= 4 is 53.4 Å². The molecule has 2 amide bonds. The van der Waals surface area contributed by atoms with Crippen molar-refractivity contribution in [2.45, 2.75) is 31.7 Å². The molecule has 10 nitrogen and oxygen atoms in total. The van der Waals surface area contributed by atoms with Gasteiger partial charge in [-0.05, 0) is 55.8 Å². The van der Waals surface area contributed by atoms with Crippen LogP contribution in [0.4, 0.5) is 15.9 Å². The first kappa shape index (κ1) is 30.0. The molecular formula is C28H30BCl2FN6O4. The van der Waals surface area contributed by atoms with Crippen LogP contribution in [0.1, 0.15) is 45.3 Å². The van der Waals surface area contributed by atoms with Crippen molar-refractivity contribution in [3.8, 4) is 5.75 Å². The van der Waals surface area contributed by atoms with Crippen LogP contribution >= 0.6 is 23.2 Å². The molecule has 0 aliphatic carbocycles. The largest absolute Gasteiger partial charge is 0.487 e. The molecular weight excluding hydrogens is 585 g/mol. The molecule has 0 spiro atoms. The molecule has 0 saturated carbocycles. The smallest absolute Gasteiger partial charge is 0.338 e. The van der Waals surface area contributed by atoms with Crippen LogP contribution in [0, 0.1) is 5.82 Å². The lowest BCUT2D eigenvalue weighted by atomic mass is 9.62. The average Bonchev–Trinajstić information content (AvgIpc) is 3.47. The number of carbonyl (C=O) groups excluding carboxylic acids is 2. The molecule has 2 saturated heterocycles. The monoisotopic (exact) mass is 614 g/mol. The van der Waals surface area contributed by atoms with Crippen LogP contribution in [0.3, 0.4) is 0 Å². The van der Waals surface area contributed by atoms with Gasteiger partial charge in [-0.2, -0.15) is 0 Å². The predicted octanol–water partition coefficient (Wildman–Crippen LogP) is 4.60. The quantitative estimate of drug-likeness (QED) is 0.279. The molecule has 5 rings (SSSR count). The molecule has 0 radical (unpaired) electrons.